The summed E-state index contributed by atoms with van der Waals surface area (Å²) < 4.78 is 5.29. The van der Waals surface area contributed by atoms with E-state index in [4.69, 9.17) is 16.3 Å². The van der Waals surface area contributed by atoms with Crippen LogP contribution in [0, 0.1) is 0 Å². The minimum atomic E-state index is 0.245. The Morgan fingerprint density at radius 2 is 2.19 bits per heavy atom. The molecule has 0 atom stereocenters. The molecule has 6 heteroatoms. The van der Waals surface area contributed by atoms with Gasteiger partial charge in [-0.3, -0.25) is 4.98 Å². The van der Waals surface area contributed by atoms with E-state index in [0.717, 1.165) is 32.0 Å². The number of ether oxygens (including phenoxy) is 1. The number of anilines is 1. The monoisotopic (exact) mass is 221 g/mol. The molecule has 4 N–H and O–H groups in total. The maximum atomic E-state index is 5.61. The van der Waals surface area contributed by atoms with Crippen molar-refractivity contribution in [2.24, 2.45) is 16.7 Å². The molecule has 16 heavy (non-hydrogen) atoms. The number of hydrazone groups is 1. The Morgan fingerprint density at radius 3 is 2.88 bits per heavy atom. The number of pyridine rings is 1. The third-order valence-corrected chi connectivity index (χ3v) is 2.52. The summed E-state index contributed by atoms with van der Waals surface area (Å²) in [7, 11) is 0. The summed E-state index contributed by atoms with van der Waals surface area (Å²) in [4.78, 5) is 6.33. The molecule has 1 aromatic heterocycles. The van der Waals surface area contributed by atoms with Crippen LogP contribution in [0.5, 0.6) is 0 Å². The zero-order valence-corrected chi connectivity index (χ0v) is 8.97. The van der Waals surface area contributed by atoms with Crippen molar-refractivity contribution in [3.63, 3.8) is 0 Å². The van der Waals surface area contributed by atoms with Crippen molar-refractivity contribution in [2.75, 3.05) is 31.2 Å². The Labute approximate surface area is 93.9 Å². The molecule has 0 amide bonds. The third kappa shape index (κ3) is 2.22. The van der Waals surface area contributed by atoms with Crippen LogP contribution in [0.2, 0.25) is 0 Å². The van der Waals surface area contributed by atoms with Crippen molar-refractivity contribution in [1.82, 2.24) is 4.98 Å². The molecule has 0 aromatic carbocycles. The van der Waals surface area contributed by atoms with Gasteiger partial charge in [-0.2, -0.15) is 5.10 Å². The lowest BCUT2D eigenvalue weighted by atomic mass is 10.2. The SMILES string of the molecule is N/N=C(/N)c1cc(N2CCOCC2)ccn1. The van der Waals surface area contributed by atoms with Gasteiger partial charge in [-0.05, 0) is 12.1 Å². The maximum absolute atomic E-state index is 5.61. The highest BCUT2D eigenvalue weighted by atomic mass is 16.5. The van der Waals surface area contributed by atoms with Gasteiger partial charge in [-0.15, -0.1) is 0 Å². The number of rotatable bonds is 2. The lowest BCUT2D eigenvalue weighted by molar-refractivity contribution is 0.122. The van der Waals surface area contributed by atoms with Crippen LogP contribution in [-0.2, 0) is 4.74 Å². The molecule has 2 rings (SSSR count). The molecule has 1 aliphatic rings. The fraction of sp³-hybridized carbons (Fsp3) is 0.400. The van der Waals surface area contributed by atoms with Gasteiger partial charge in [0.05, 0.1) is 13.2 Å². The van der Waals surface area contributed by atoms with Crippen LogP contribution in [0.15, 0.2) is 23.4 Å². The number of aromatic nitrogens is 1. The van der Waals surface area contributed by atoms with Gasteiger partial charge in [-0.25, -0.2) is 0 Å². The standard InChI is InChI=1S/C10H15N5O/c11-10(14-12)9-7-8(1-2-13-9)15-3-5-16-6-4-15/h1-2,7H,3-6,12H2,(H2,11,14). The van der Waals surface area contributed by atoms with Crippen LogP contribution >= 0.6 is 0 Å². The molecule has 2 heterocycles. The fourth-order valence-corrected chi connectivity index (χ4v) is 1.64. The second kappa shape index (κ2) is 4.80. The smallest absolute Gasteiger partial charge is 0.169 e. The van der Waals surface area contributed by atoms with Crippen molar-refractivity contribution in [2.45, 2.75) is 0 Å². The Morgan fingerprint density at radius 1 is 1.44 bits per heavy atom. The van der Waals surface area contributed by atoms with E-state index in [2.05, 4.69) is 15.0 Å². The second-order valence-electron chi connectivity index (χ2n) is 3.51. The zero-order chi connectivity index (χ0) is 11.4. The normalized spacial score (nSPS) is 17.5. The average molecular weight is 221 g/mol. The van der Waals surface area contributed by atoms with Gasteiger partial charge in [0.2, 0.25) is 0 Å². The predicted octanol–water partition coefficient (Wildman–Crippen LogP) is -0.503. The third-order valence-electron chi connectivity index (χ3n) is 2.52. The average Bonchev–Trinajstić information content (AvgIpc) is 2.39. The Hall–Kier alpha value is -1.82. The molecule has 6 nitrogen and oxygen atoms in total. The first-order valence-corrected chi connectivity index (χ1v) is 5.14. The van der Waals surface area contributed by atoms with E-state index >= 15 is 0 Å². The van der Waals surface area contributed by atoms with Crippen molar-refractivity contribution in [1.29, 1.82) is 0 Å². The molecule has 1 aliphatic heterocycles. The van der Waals surface area contributed by atoms with E-state index in [1.165, 1.54) is 0 Å². The summed E-state index contributed by atoms with van der Waals surface area (Å²) in [6.07, 6.45) is 1.71. The van der Waals surface area contributed by atoms with Gasteiger partial charge in [-0.1, -0.05) is 0 Å². The highest BCUT2D eigenvalue weighted by Crippen LogP contribution is 2.15. The molecular weight excluding hydrogens is 206 g/mol. The van der Waals surface area contributed by atoms with Gasteiger partial charge in [0, 0.05) is 25.0 Å². The van der Waals surface area contributed by atoms with Gasteiger partial charge in [0.1, 0.15) is 5.69 Å². The fourth-order valence-electron chi connectivity index (χ4n) is 1.64. The summed E-state index contributed by atoms with van der Waals surface area (Å²) >= 11 is 0. The number of nitrogens with zero attached hydrogens (tertiary/aromatic N) is 3. The molecule has 0 spiro atoms. The predicted molar refractivity (Wildman–Crippen MR) is 62.2 cm³/mol. The molecule has 1 fully saturated rings. The number of amidine groups is 1. The van der Waals surface area contributed by atoms with Gasteiger partial charge < -0.3 is 21.2 Å². The van der Waals surface area contributed by atoms with E-state index < -0.39 is 0 Å². The lowest BCUT2D eigenvalue weighted by Crippen LogP contribution is -2.36. The Kier molecular flexibility index (Phi) is 3.21. The van der Waals surface area contributed by atoms with Crippen molar-refractivity contribution in [3.05, 3.63) is 24.0 Å². The van der Waals surface area contributed by atoms with Crippen LogP contribution in [0.25, 0.3) is 0 Å². The zero-order valence-electron chi connectivity index (χ0n) is 8.97. The van der Waals surface area contributed by atoms with E-state index in [9.17, 15) is 0 Å². The summed E-state index contributed by atoms with van der Waals surface area (Å²) in [6, 6.07) is 3.83. The number of morpholine rings is 1. The molecule has 0 aliphatic carbocycles. The molecule has 86 valence electrons. The molecule has 0 radical (unpaired) electrons. The topological polar surface area (TPSA) is 89.8 Å². The van der Waals surface area contributed by atoms with Crippen LogP contribution in [-0.4, -0.2) is 37.1 Å². The van der Waals surface area contributed by atoms with Crippen LogP contribution in [0.3, 0.4) is 0 Å². The molecule has 0 unspecified atom stereocenters. The molecular formula is C10H15N5O. The summed E-state index contributed by atoms with van der Waals surface area (Å²) in [5, 5.41) is 3.43. The first-order valence-electron chi connectivity index (χ1n) is 5.14. The highest BCUT2D eigenvalue weighted by molar-refractivity contribution is 5.96. The summed E-state index contributed by atoms with van der Waals surface area (Å²) in [5.74, 6) is 5.37. The quantitative estimate of drug-likeness (QED) is 0.304. The largest absolute Gasteiger partial charge is 0.380 e. The lowest BCUT2D eigenvalue weighted by Gasteiger charge is -2.28. The second-order valence-corrected chi connectivity index (χ2v) is 3.51. The first kappa shape index (κ1) is 10.7. The van der Waals surface area contributed by atoms with Crippen molar-refractivity contribution < 1.29 is 4.74 Å². The number of hydrogen-bond acceptors (Lipinski definition) is 5. The van der Waals surface area contributed by atoms with Crippen molar-refractivity contribution in [3.8, 4) is 0 Å². The Balaban J connectivity index is 2.21. The molecule has 0 saturated carbocycles. The van der Waals surface area contributed by atoms with Gasteiger partial charge >= 0.3 is 0 Å². The molecule has 1 saturated heterocycles. The van der Waals surface area contributed by atoms with Crippen LogP contribution in [0.4, 0.5) is 5.69 Å². The summed E-state index contributed by atoms with van der Waals surface area (Å²) in [6.45, 7) is 3.25. The Bertz CT molecular complexity index is 387. The number of hydrogen-bond donors (Lipinski definition) is 2. The van der Waals surface area contributed by atoms with E-state index in [1.807, 2.05) is 12.1 Å². The summed E-state index contributed by atoms with van der Waals surface area (Å²) in [5.41, 5.74) is 7.28. The number of nitrogens with two attached hydrogens (primary N) is 2. The van der Waals surface area contributed by atoms with E-state index in [0.29, 0.717) is 5.69 Å². The van der Waals surface area contributed by atoms with Crippen molar-refractivity contribution >= 4 is 11.5 Å². The first-order chi connectivity index (χ1) is 7.81. The highest BCUT2D eigenvalue weighted by Gasteiger charge is 2.12. The van der Waals surface area contributed by atoms with E-state index in [-0.39, 0.29) is 5.84 Å². The minimum Gasteiger partial charge on any atom is -0.380 e. The van der Waals surface area contributed by atoms with Crippen LogP contribution < -0.4 is 16.5 Å². The maximum Gasteiger partial charge on any atom is 0.169 e. The molecule has 1 aromatic rings. The molecule has 0 bridgehead atoms. The van der Waals surface area contributed by atoms with Gasteiger partial charge in [0.15, 0.2) is 5.84 Å². The van der Waals surface area contributed by atoms with Crippen LogP contribution in [0.1, 0.15) is 5.69 Å². The van der Waals surface area contributed by atoms with Gasteiger partial charge in [0.25, 0.3) is 0 Å². The minimum absolute atomic E-state index is 0.245. The van der Waals surface area contributed by atoms with E-state index in [1.54, 1.807) is 6.20 Å².